The first-order chi connectivity index (χ1) is 15.3. The number of likely N-dealkylation sites (N-methyl/N-ethyl adjacent to an activating group) is 1. The fraction of sp³-hybridized carbons (Fsp3) is 0.0952. The first kappa shape index (κ1) is 21.2. The number of sulfonamides is 1. The summed E-state index contributed by atoms with van der Waals surface area (Å²) in [6, 6.07) is 12.5. The summed E-state index contributed by atoms with van der Waals surface area (Å²) < 4.78 is 27.9. The average Bonchev–Trinajstić information content (AvgIpc) is 3.38. The number of nitrogens with one attached hydrogen (secondary N) is 1. The van der Waals surface area contributed by atoms with E-state index in [-0.39, 0.29) is 14.9 Å². The fourth-order valence-electron chi connectivity index (χ4n) is 3.55. The van der Waals surface area contributed by atoms with E-state index in [2.05, 4.69) is 10.3 Å². The minimum atomic E-state index is -4.03. The molecular weight excluding hydrogens is 490 g/mol. The van der Waals surface area contributed by atoms with Gasteiger partial charge in [0.1, 0.15) is 4.90 Å². The number of nitrogens with zero attached hydrogens (tertiary/aromatic N) is 2. The second-order valence-corrected chi connectivity index (χ2v) is 11.4. The third kappa shape index (κ3) is 3.35. The number of anilines is 1. The number of halogens is 1. The van der Waals surface area contributed by atoms with Crippen molar-refractivity contribution < 1.29 is 18.0 Å². The van der Waals surface area contributed by atoms with Crippen LogP contribution < -0.4 is 5.32 Å². The highest BCUT2D eigenvalue weighted by Crippen LogP contribution is 2.41. The molecule has 5 rings (SSSR count). The van der Waals surface area contributed by atoms with Gasteiger partial charge in [-0.25, -0.2) is 13.4 Å². The lowest BCUT2D eigenvalue weighted by molar-refractivity contribution is -0.118. The Morgan fingerprint density at radius 1 is 1.16 bits per heavy atom. The Hall–Kier alpha value is -2.63. The summed E-state index contributed by atoms with van der Waals surface area (Å²) in [4.78, 5) is 30.6. The van der Waals surface area contributed by atoms with Crippen LogP contribution in [0.2, 0.25) is 5.02 Å². The molecule has 3 heterocycles. The number of hydrogen-bond donors (Lipinski definition) is 1. The molecule has 162 valence electrons. The fourth-order valence-corrected chi connectivity index (χ4v) is 7.52. The number of fused-ring (bicyclic) bond motifs is 3. The number of aromatic nitrogens is 1. The lowest BCUT2D eigenvalue weighted by Gasteiger charge is -2.29. The smallest absolute Gasteiger partial charge is 0.252 e. The number of thiazole rings is 1. The highest BCUT2D eigenvalue weighted by Gasteiger charge is 2.47. The van der Waals surface area contributed by atoms with Gasteiger partial charge in [-0.15, -0.1) is 22.7 Å². The highest BCUT2D eigenvalue weighted by molar-refractivity contribution is 7.89. The van der Waals surface area contributed by atoms with E-state index in [0.29, 0.717) is 20.8 Å². The van der Waals surface area contributed by atoms with E-state index in [9.17, 15) is 18.0 Å². The van der Waals surface area contributed by atoms with E-state index in [1.165, 1.54) is 18.4 Å². The predicted molar refractivity (Wildman–Crippen MR) is 126 cm³/mol. The number of amides is 1. The Labute approximate surface area is 196 Å². The molecule has 1 N–H and O–H groups in total. The molecule has 0 spiro atoms. The summed E-state index contributed by atoms with van der Waals surface area (Å²) in [5.74, 6) is -1.30. The first-order valence-corrected chi connectivity index (χ1v) is 12.8. The van der Waals surface area contributed by atoms with Crippen LogP contribution in [-0.4, -0.2) is 42.5 Å². The monoisotopic (exact) mass is 503 g/mol. The van der Waals surface area contributed by atoms with E-state index in [0.717, 1.165) is 21.2 Å². The van der Waals surface area contributed by atoms with Gasteiger partial charge in [-0.2, -0.15) is 4.31 Å². The van der Waals surface area contributed by atoms with Crippen molar-refractivity contribution in [3.05, 3.63) is 63.8 Å². The van der Waals surface area contributed by atoms with Gasteiger partial charge in [0.2, 0.25) is 15.8 Å². The Morgan fingerprint density at radius 3 is 2.62 bits per heavy atom. The molecule has 11 heteroatoms. The molecule has 1 unspecified atom stereocenters. The third-order valence-electron chi connectivity index (χ3n) is 5.15. The van der Waals surface area contributed by atoms with Gasteiger partial charge >= 0.3 is 0 Å². The first-order valence-electron chi connectivity index (χ1n) is 9.33. The predicted octanol–water partition coefficient (Wildman–Crippen LogP) is 4.50. The maximum atomic E-state index is 13.2. The summed E-state index contributed by atoms with van der Waals surface area (Å²) in [6.07, 6.45) is 0. The average molecular weight is 504 g/mol. The summed E-state index contributed by atoms with van der Waals surface area (Å²) in [7, 11) is -2.79. The maximum Gasteiger partial charge on any atom is 0.252 e. The zero-order chi connectivity index (χ0) is 22.6. The van der Waals surface area contributed by atoms with Gasteiger partial charge in [0.05, 0.1) is 10.6 Å². The van der Waals surface area contributed by atoms with Gasteiger partial charge in [-0.05, 0) is 18.2 Å². The molecule has 1 atom stereocenters. The molecule has 0 saturated carbocycles. The van der Waals surface area contributed by atoms with Crippen molar-refractivity contribution in [1.82, 2.24) is 9.29 Å². The number of rotatable bonds is 3. The zero-order valence-electron chi connectivity index (χ0n) is 16.4. The van der Waals surface area contributed by atoms with Crippen LogP contribution in [0.1, 0.15) is 9.67 Å². The van der Waals surface area contributed by atoms with Crippen molar-refractivity contribution >= 4 is 71.2 Å². The van der Waals surface area contributed by atoms with Crippen LogP contribution in [-0.2, 0) is 14.8 Å². The van der Waals surface area contributed by atoms with Gasteiger partial charge in [0, 0.05) is 33.1 Å². The molecular formula is C21H14ClN3O4S3. The van der Waals surface area contributed by atoms with Crippen molar-refractivity contribution in [2.75, 3.05) is 12.4 Å². The number of Topliss-reactive ketones (excluding diaryl/α,β-unsaturated/α-hetero) is 1. The number of thiophene rings is 1. The number of hydrogen-bond acceptors (Lipinski definition) is 7. The normalized spacial score (nSPS) is 17.9. The van der Waals surface area contributed by atoms with Crippen LogP contribution in [0, 0.1) is 0 Å². The molecule has 4 aromatic rings. The molecule has 0 fully saturated rings. The molecule has 0 saturated heterocycles. The van der Waals surface area contributed by atoms with Crippen LogP contribution >= 0.6 is 34.3 Å². The van der Waals surface area contributed by atoms with Crippen LogP contribution in [0.4, 0.5) is 5.13 Å². The number of carbonyl (C=O) groups excluding carboxylic acids is 2. The molecule has 1 aliphatic heterocycles. The molecule has 1 amide bonds. The second-order valence-electron chi connectivity index (χ2n) is 7.08. The largest absolute Gasteiger partial charge is 0.300 e. The van der Waals surface area contributed by atoms with E-state index in [4.69, 9.17) is 11.6 Å². The minimum Gasteiger partial charge on any atom is -0.300 e. The van der Waals surface area contributed by atoms with Crippen molar-refractivity contribution in [2.24, 2.45) is 0 Å². The molecule has 2 aromatic heterocycles. The Morgan fingerprint density at radius 2 is 1.88 bits per heavy atom. The number of ketones is 1. The van der Waals surface area contributed by atoms with E-state index in [1.807, 2.05) is 0 Å². The lowest BCUT2D eigenvalue weighted by atomic mass is 10.1. The van der Waals surface area contributed by atoms with Crippen molar-refractivity contribution in [1.29, 1.82) is 0 Å². The highest BCUT2D eigenvalue weighted by atomic mass is 35.5. The second kappa shape index (κ2) is 7.75. The summed E-state index contributed by atoms with van der Waals surface area (Å²) in [6.45, 7) is 0. The van der Waals surface area contributed by atoms with Crippen molar-refractivity contribution in [3.8, 4) is 11.3 Å². The van der Waals surface area contributed by atoms with Gasteiger partial charge in [-0.3, -0.25) is 9.59 Å². The van der Waals surface area contributed by atoms with Crippen LogP contribution in [0.3, 0.4) is 0 Å². The summed E-state index contributed by atoms with van der Waals surface area (Å²) in [5, 5.41) is 5.70. The van der Waals surface area contributed by atoms with E-state index < -0.39 is 27.8 Å². The van der Waals surface area contributed by atoms with Gasteiger partial charge in [0.15, 0.2) is 11.2 Å². The molecule has 7 nitrogen and oxygen atoms in total. The summed E-state index contributed by atoms with van der Waals surface area (Å²) >= 11 is 8.17. The number of carbonyl (C=O) groups is 2. The van der Waals surface area contributed by atoms with Crippen molar-refractivity contribution in [2.45, 2.75) is 10.9 Å². The minimum absolute atomic E-state index is 0.0334. The maximum absolute atomic E-state index is 13.2. The van der Waals surface area contributed by atoms with Crippen LogP contribution in [0.5, 0.6) is 0 Å². The van der Waals surface area contributed by atoms with Crippen LogP contribution in [0.15, 0.2) is 58.8 Å². The zero-order valence-corrected chi connectivity index (χ0v) is 19.6. The lowest BCUT2D eigenvalue weighted by Crippen LogP contribution is -2.52. The Bertz CT molecular complexity index is 1490. The quantitative estimate of drug-likeness (QED) is 0.415. The van der Waals surface area contributed by atoms with Gasteiger partial charge in [-0.1, -0.05) is 41.9 Å². The van der Waals surface area contributed by atoms with Crippen LogP contribution in [0.25, 0.3) is 21.3 Å². The number of benzene rings is 2. The molecule has 2 aromatic carbocycles. The summed E-state index contributed by atoms with van der Waals surface area (Å²) in [5.41, 5.74) is 1.44. The molecule has 0 radical (unpaired) electrons. The van der Waals surface area contributed by atoms with E-state index in [1.54, 1.807) is 53.9 Å². The standard InChI is InChI=1S/C21H14ClN3O4S3/c1-25-16(17(26)18-19(32(25,28)29)13-4-2-3-5-15(13)31-18)20(27)24-21-23-14(10-30-21)11-6-8-12(22)9-7-11/h2-10,16H,1H3,(H,23,24,27). The van der Waals surface area contributed by atoms with Crippen molar-refractivity contribution in [3.63, 3.8) is 0 Å². The molecule has 0 bridgehead atoms. The Kier molecular flexibility index (Phi) is 5.14. The van der Waals surface area contributed by atoms with Gasteiger partial charge in [0.25, 0.3) is 5.91 Å². The molecule has 1 aliphatic rings. The van der Waals surface area contributed by atoms with E-state index >= 15 is 0 Å². The topological polar surface area (TPSA) is 96.4 Å². The Balaban J connectivity index is 1.47. The SMILES string of the molecule is CN1C(C(=O)Nc2nc(-c3ccc(Cl)cc3)cs2)C(=O)c2sc3ccccc3c2S1(=O)=O. The molecule has 32 heavy (non-hydrogen) atoms. The molecule has 0 aliphatic carbocycles. The third-order valence-corrected chi connectivity index (χ3v) is 9.38. The van der Waals surface area contributed by atoms with Gasteiger partial charge < -0.3 is 5.32 Å².